The summed E-state index contributed by atoms with van der Waals surface area (Å²) >= 11 is 0. The molecule has 0 bridgehead atoms. The first-order valence-corrected chi connectivity index (χ1v) is 4.25. The Morgan fingerprint density at radius 1 is 0.611 bits per heavy atom. The minimum Gasteiger partial charge on any atom is -0.193 e. The Hall–Kier alpha value is -3.52. The van der Waals surface area contributed by atoms with E-state index in [2.05, 4.69) is 0 Å². The maximum atomic E-state index is 8.81. The zero-order valence-corrected chi connectivity index (χ0v) is 8.84. The molecule has 0 N–H and O–H groups in total. The number of hydrogen-bond acceptors (Lipinski definition) is 6. The Morgan fingerprint density at radius 3 is 1.06 bits per heavy atom. The molecule has 18 heavy (non-hydrogen) atoms. The molecule has 0 aliphatic carbocycles. The molecule has 0 aromatic rings. The van der Waals surface area contributed by atoms with E-state index in [1.54, 1.807) is 0 Å². The van der Waals surface area contributed by atoms with Crippen molar-refractivity contribution in [3.8, 4) is 36.4 Å². The van der Waals surface area contributed by atoms with Gasteiger partial charge in [-0.2, -0.15) is 31.6 Å². The van der Waals surface area contributed by atoms with Crippen molar-refractivity contribution in [1.29, 1.82) is 31.6 Å². The van der Waals surface area contributed by atoms with Gasteiger partial charge in [0.1, 0.15) is 35.4 Å². The van der Waals surface area contributed by atoms with Crippen molar-refractivity contribution in [3.63, 3.8) is 0 Å². The lowest BCUT2D eigenvalue weighted by Crippen LogP contribution is -2.04. The van der Waals surface area contributed by atoms with Crippen molar-refractivity contribution in [1.82, 2.24) is 0 Å². The van der Waals surface area contributed by atoms with Crippen molar-refractivity contribution in [2.24, 2.45) is 0 Å². The number of hydrogen-bond donors (Lipinski definition) is 0. The summed E-state index contributed by atoms with van der Waals surface area (Å²) in [5, 5.41) is 52.1. The monoisotopic (exact) mass is 228 g/mol. The standard InChI is InChI=1S/C11HBN6/c12-11(9(5-17)7(1-13)2-14)10(6-18)8(3-15)4-16/h11H. The van der Waals surface area contributed by atoms with E-state index in [4.69, 9.17) is 39.4 Å². The Bertz CT molecular complexity index is 580. The van der Waals surface area contributed by atoms with Crippen LogP contribution in [0.25, 0.3) is 0 Å². The molecule has 0 aliphatic rings. The molecule has 0 heterocycles. The van der Waals surface area contributed by atoms with Crippen LogP contribution in [0.5, 0.6) is 0 Å². The molecule has 0 saturated heterocycles. The van der Waals surface area contributed by atoms with Gasteiger partial charge in [-0.15, -0.1) is 0 Å². The van der Waals surface area contributed by atoms with Crippen LogP contribution in [-0.2, 0) is 0 Å². The van der Waals surface area contributed by atoms with Crippen LogP contribution in [0.1, 0.15) is 0 Å². The predicted molar refractivity (Wildman–Crippen MR) is 57.2 cm³/mol. The molecule has 0 aromatic heterocycles. The van der Waals surface area contributed by atoms with Crippen LogP contribution >= 0.6 is 0 Å². The van der Waals surface area contributed by atoms with Crippen LogP contribution in [0, 0.1) is 68.0 Å². The van der Waals surface area contributed by atoms with Gasteiger partial charge < -0.3 is 0 Å². The van der Waals surface area contributed by atoms with Gasteiger partial charge in [-0.1, -0.05) is 0 Å². The third-order valence-corrected chi connectivity index (χ3v) is 1.85. The van der Waals surface area contributed by atoms with Gasteiger partial charge in [-0.25, -0.2) is 0 Å². The SMILES string of the molecule is [B]C(C(C#N)=C(C#N)C#N)C(C#N)=C(C#N)C#N. The molecule has 0 atom stereocenters. The van der Waals surface area contributed by atoms with E-state index in [1.807, 2.05) is 0 Å². The van der Waals surface area contributed by atoms with Gasteiger partial charge in [0.2, 0.25) is 0 Å². The van der Waals surface area contributed by atoms with Crippen molar-refractivity contribution in [2.45, 2.75) is 5.82 Å². The van der Waals surface area contributed by atoms with Crippen LogP contribution in [0.2, 0.25) is 5.82 Å². The summed E-state index contributed by atoms with van der Waals surface area (Å²) in [4.78, 5) is 0. The molecule has 0 unspecified atom stereocenters. The highest BCUT2D eigenvalue weighted by Gasteiger charge is 2.21. The summed E-state index contributed by atoms with van der Waals surface area (Å²) in [6, 6.07) is 8.88. The minimum atomic E-state index is -1.46. The van der Waals surface area contributed by atoms with Crippen LogP contribution in [0.4, 0.5) is 0 Å². The molecule has 2 radical (unpaired) electrons. The van der Waals surface area contributed by atoms with Crippen LogP contribution in [-0.4, -0.2) is 7.85 Å². The molecule has 78 valence electrons. The molecule has 0 spiro atoms. The molecule has 0 saturated carbocycles. The van der Waals surface area contributed by atoms with Gasteiger partial charge >= 0.3 is 0 Å². The largest absolute Gasteiger partial charge is 0.193 e. The maximum Gasteiger partial charge on any atom is 0.143 e. The van der Waals surface area contributed by atoms with Crippen LogP contribution in [0.3, 0.4) is 0 Å². The Morgan fingerprint density at radius 2 is 0.889 bits per heavy atom. The summed E-state index contributed by atoms with van der Waals surface area (Å²) in [6.07, 6.45) is 0. The van der Waals surface area contributed by atoms with Gasteiger partial charge in [0.25, 0.3) is 0 Å². The van der Waals surface area contributed by atoms with E-state index >= 15 is 0 Å². The van der Waals surface area contributed by atoms with Gasteiger partial charge in [-0.05, 0) is 5.82 Å². The molecule has 0 fully saturated rings. The van der Waals surface area contributed by atoms with E-state index < -0.39 is 28.1 Å². The van der Waals surface area contributed by atoms with Gasteiger partial charge in [-0.3, -0.25) is 0 Å². The summed E-state index contributed by atoms with van der Waals surface area (Å²) in [5.41, 5.74) is -2.04. The van der Waals surface area contributed by atoms with E-state index in [1.165, 1.54) is 36.4 Å². The third kappa shape index (κ3) is 2.75. The molecular weight excluding hydrogens is 227 g/mol. The normalized spacial score (nSPS) is 7.28. The van der Waals surface area contributed by atoms with Crippen LogP contribution in [0.15, 0.2) is 22.3 Å². The highest BCUT2D eigenvalue weighted by molar-refractivity contribution is 6.17. The lowest BCUT2D eigenvalue weighted by atomic mass is 9.73. The lowest BCUT2D eigenvalue weighted by Gasteiger charge is -2.08. The average Bonchev–Trinajstić information content (AvgIpc) is 2.40. The summed E-state index contributed by atoms with van der Waals surface area (Å²) in [6.45, 7) is 0. The predicted octanol–water partition coefficient (Wildman–Crippen LogP) is 0.678. The smallest absolute Gasteiger partial charge is 0.143 e. The van der Waals surface area contributed by atoms with E-state index in [0.717, 1.165) is 0 Å². The van der Waals surface area contributed by atoms with Crippen LogP contribution < -0.4 is 0 Å². The summed E-state index contributed by atoms with van der Waals surface area (Å²) in [7, 11) is 5.52. The number of nitrogens with zero attached hydrogens (tertiary/aromatic N) is 6. The third-order valence-electron chi connectivity index (χ3n) is 1.85. The first kappa shape index (κ1) is 14.5. The van der Waals surface area contributed by atoms with Crippen molar-refractivity contribution in [3.05, 3.63) is 22.3 Å². The highest BCUT2D eigenvalue weighted by Crippen LogP contribution is 2.27. The lowest BCUT2D eigenvalue weighted by molar-refractivity contribution is 1.16. The summed E-state index contributed by atoms with van der Waals surface area (Å²) in [5.74, 6) is -1.46. The topological polar surface area (TPSA) is 143 Å². The molecule has 6 nitrogen and oxygen atoms in total. The first-order valence-electron chi connectivity index (χ1n) is 4.25. The maximum absolute atomic E-state index is 8.81. The molecule has 0 aliphatic heterocycles. The minimum absolute atomic E-state index is 0.459. The quantitative estimate of drug-likeness (QED) is 0.501. The van der Waals surface area contributed by atoms with E-state index in [9.17, 15) is 0 Å². The molecule has 0 amide bonds. The Labute approximate surface area is 105 Å². The van der Waals surface area contributed by atoms with Gasteiger partial charge in [0, 0.05) is 0 Å². The van der Waals surface area contributed by atoms with Crippen molar-refractivity contribution in [2.75, 3.05) is 0 Å². The van der Waals surface area contributed by atoms with Gasteiger partial charge in [0.15, 0.2) is 0 Å². The zero-order chi connectivity index (χ0) is 14.1. The average molecular weight is 228 g/mol. The second kappa shape index (κ2) is 6.88. The Kier molecular flexibility index (Phi) is 5.53. The highest BCUT2D eigenvalue weighted by atomic mass is 14.4. The number of nitriles is 6. The second-order valence-electron chi connectivity index (χ2n) is 2.73. The second-order valence-corrected chi connectivity index (χ2v) is 2.73. The Balaban J connectivity index is 6.11. The van der Waals surface area contributed by atoms with E-state index in [0.29, 0.717) is 0 Å². The van der Waals surface area contributed by atoms with Crippen molar-refractivity contribution < 1.29 is 0 Å². The number of rotatable bonds is 2. The molecular formula is C11HBN6. The first-order chi connectivity index (χ1) is 8.60. The van der Waals surface area contributed by atoms with E-state index in [-0.39, 0.29) is 0 Å². The summed E-state index contributed by atoms with van der Waals surface area (Å²) < 4.78 is 0. The van der Waals surface area contributed by atoms with Gasteiger partial charge in [0.05, 0.1) is 31.1 Å². The molecule has 0 rings (SSSR count). The fourth-order valence-electron chi connectivity index (χ4n) is 0.997. The fraction of sp³-hybridized carbons (Fsp3) is 0.0909. The molecule has 0 aromatic carbocycles. The number of allylic oxidation sites excluding steroid dienone is 4. The van der Waals surface area contributed by atoms with Crippen molar-refractivity contribution >= 4 is 7.85 Å². The fourth-order valence-corrected chi connectivity index (χ4v) is 0.997. The zero-order valence-electron chi connectivity index (χ0n) is 8.84. The molecule has 7 heteroatoms.